The van der Waals surface area contributed by atoms with Gasteiger partial charge in [0.15, 0.2) is 0 Å². The summed E-state index contributed by atoms with van der Waals surface area (Å²) < 4.78 is 16.8. The van der Waals surface area contributed by atoms with Gasteiger partial charge in [0.25, 0.3) is 5.91 Å². The van der Waals surface area contributed by atoms with Crippen LogP contribution < -0.4 is 10.2 Å². The Morgan fingerprint density at radius 2 is 2.08 bits per heavy atom. The van der Waals surface area contributed by atoms with Crippen molar-refractivity contribution in [1.82, 2.24) is 0 Å². The van der Waals surface area contributed by atoms with Crippen LogP contribution >= 0.6 is 0 Å². The number of amides is 1. The van der Waals surface area contributed by atoms with Gasteiger partial charge >= 0.3 is 0 Å². The molecule has 0 spiro atoms. The molecule has 3 rings (SSSR count). The Kier molecular flexibility index (Phi) is 6.67. The van der Waals surface area contributed by atoms with E-state index < -0.39 is 6.10 Å². The van der Waals surface area contributed by atoms with Crippen LogP contribution in [0.4, 0.5) is 11.4 Å². The van der Waals surface area contributed by atoms with Gasteiger partial charge in [0, 0.05) is 19.7 Å². The molecule has 25 heavy (non-hydrogen) atoms. The lowest BCUT2D eigenvalue weighted by atomic mass is 10.1. The first-order valence-electron chi connectivity index (χ1n) is 9.20. The van der Waals surface area contributed by atoms with Crippen molar-refractivity contribution < 1.29 is 19.0 Å². The van der Waals surface area contributed by atoms with Gasteiger partial charge in [-0.05, 0) is 38.3 Å². The zero-order chi connectivity index (χ0) is 17.5. The molecule has 2 aliphatic heterocycles. The summed E-state index contributed by atoms with van der Waals surface area (Å²) in [6.45, 7) is 6.14. The van der Waals surface area contributed by atoms with E-state index in [1.54, 1.807) is 6.92 Å². The average molecular weight is 348 g/mol. The minimum absolute atomic E-state index is 0.115. The molecule has 1 amide bonds. The Bertz CT molecular complexity index is 554. The molecule has 2 heterocycles. The Labute approximate surface area is 149 Å². The molecule has 6 nitrogen and oxygen atoms in total. The molecule has 6 heteroatoms. The van der Waals surface area contributed by atoms with E-state index in [1.165, 1.54) is 6.42 Å². The van der Waals surface area contributed by atoms with Crippen LogP contribution in [0.5, 0.6) is 0 Å². The SMILES string of the molecule is CC(OCC1CCCCO1)C(=O)Nc1ccccc1N1CCOCC1. The predicted molar refractivity (Wildman–Crippen MR) is 97.1 cm³/mol. The highest BCUT2D eigenvalue weighted by Crippen LogP contribution is 2.26. The number of rotatable bonds is 6. The fraction of sp³-hybridized carbons (Fsp3) is 0.632. The van der Waals surface area contributed by atoms with Crippen molar-refractivity contribution in [3.8, 4) is 0 Å². The zero-order valence-corrected chi connectivity index (χ0v) is 14.9. The molecule has 2 saturated heterocycles. The van der Waals surface area contributed by atoms with E-state index in [0.717, 1.165) is 43.9 Å². The standard InChI is InChI=1S/C19H28N2O4/c1-15(25-14-16-6-4-5-11-24-16)19(22)20-17-7-2-3-8-18(17)21-9-12-23-13-10-21/h2-3,7-8,15-16H,4-6,9-14H2,1H3,(H,20,22). The van der Waals surface area contributed by atoms with Crippen LogP contribution in [0.2, 0.25) is 0 Å². The Balaban J connectivity index is 1.54. The predicted octanol–water partition coefficient (Wildman–Crippen LogP) is 2.44. The van der Waals surface area contributed by atoms with Crippen molar-refractivity contribution in [3.63, 3.8) is 0 Å². The van der Waals surface area contributed by atoms with Crippen molar-refractivity contribution >= 4 is 17.3 Å². The monoisotopic (exact) mass is 348 g/mol. The van der Waals surface area contributed by atoms with Gasteiger partial charge in [-0.2, -0.15) is 0 Å². The first-order chi connectivity index (χ1) is 12.2. The van der Waals surface area contributed by atoms with Crippen molar-refractivity contribution in [2.45, 2.75) is 38.4 Å². The van der Waals surface area contributed by atoms with E-state index in [4.69, 9.17) is 14.2 Å². The summed E-state index contributed by atoms with van der Waals surface area (Å²) in [5, 5.41) is 3.01. The number of nitrogens with zero attached hydrogens (tertiary/aromatic N) is 1. The van der Waals surface area contributed by atoms with E-state index in [2.05, 4.69) is 10.2 Å². The van der Waals surface area contributed by atoms with Gasteiger partial charge in [-0.1, -0.05) is 12.1 Å². The minimum atomic E-state index is -0.511. The lowest BCUT2D eigenvalue weighted by molar-refractivity contribution is -0.130. The smallest absolute Gasteiger partial charge is 0.253 e. The van der Waals surface area contributed by atoms with Gasteiger partial charge in [-0.25, -0.2) is 0 Å². The molecular weight excluding hydrogens is 320 g/mol. The molecule has 2 fully saturated rings. The summed E-state index contributed by atoms with van der Waals surface area (Å²) in [7, 11) is 0. The van der Waals surface area contributed by atoms with Crippen LogP contribution in [0.15, 0.2) is 24.3 Å². The van der Waals surface area contributed by atoms with Crippen LogP contribution in [0.25, 0.3) is 0 Å². The summed E-state index contributed by atoms with van der Waals surface area (Å²) in [4.78, 5) is 14.7. The third-order valence-electron chi connectivity index (χ3n) is 4.69. The number of para-hydroxylation sites is 2. The normalized spacial score (nSPS) is 22.4. The fourth-order valence-electron chi connectivity index (χ4n) is 3.16. The summed E-state index contributed by atoms with van der Waals surface area (Å²) in [6.07, 6.45) is 2.90. The van der Waals surface area contributed by atoms with E-state index in [-0.39, 0.29) is 12.0 Å². The fourth-order valence-corrected chi connectivity index (χ4v) is 3.16. The lowest BCUT2D eigenvalue weighted by Crippen LogP contribution is -2.37. The molecule has 0 radical (unpaired) electrons. The molecule has 0 aliphatic carbocycles. The van der Waals surface area contributed by atoms with Gasteiger partial charge in [-0.3, -0.25) is 4.79 Å². The van der Waals surface area contributed by atoms with Gasteiger partial charge < -0.3 is 24.4 Å². The summed E-state index contributed by atoms with van der Waals surface area (Å²) >= 11 is 0. The van der Waals surface area contributed by atoms with Crippen LogP contribution in [0, 0.1) is 0 Å². The van der Waals surface area contributed by atoms with E-state index in [1.807, 2.05) is 24.3 Å². The number of benzene rings is 1. The third-order valence-corrected chi connectivity index (χ3v) is 4.69. The number of carbonyl (C=O) groups is 1. The Morgan fingerprint density at radius 3 is 2.84 bits per heavy atom. The van der Waals surface area contributed by atoms with Crippen molar-refractivity contribution in [2.24, 2.45) is 0 Å². The number of carbonyl (C=O) groups excluding carboxylic acids is 1. The summed E-state index contributed by atoms with van der Waals surface area (Å²) in [5.41, 5.74) is 1.85. The first kappa shape index (κ1) is 18.2. The molecule has 1 aromatic rings. The van der Waals surface area contributed by atoms with Crippen LogP contribution in [-0.4, -0.2) is 57.6 Å². The molecule has 1 N–H and O–H groups in total. The van der Waals surface area contributed by atoms with Crippen LogP contribution in [0.1, 0.15) is 26.2 Å². The molecule has 1 aromatic carbocycles. The largest absolute Gasteiger partial charge is 0.378 e. The van der Waals surface area contributed by atoms with Crippen molar-refractivity contribution in [2.75, 3.05) is 49.7 Å². The maximum absolute atomic E-state index is 12.5. The Morgan fingerprint density at radius 1 is 1.28 bits per heavy atom. The maximum atomic E-state index is 12.5. The third kappa shape index (κ3) is 5.17. The van der Waals surface area contributed by atoms with Gasteiger partial charge in [-0.15, -0.1) is 0 Å². The molecule has 0 bridgehead atoms. The van der Waals surface area contributed by atoms with E-state index in [9.17, 15) is 4.79 Å². The highest BCUT2D eigenvalue weighted by atomic mass is 16.5. The zero-order valence-electron chi connectivity index (χ0n) is 14.9. The average Bonchev–Trinajstić information content (AvgIpc) is 2.68. The molecule has 2 atom stereocenters. The second-order valence-electron chi connectivity index (χ2n) is 6.57. The maximum Gasteiger partial charge on any atom is 0.253 e. The summed E-state index contributed by atoms with van der Waals surface area (Å²) in [6, 6.07) is 7.88. The number of hydrogen-bond acceptors (Lipinski definition) is 5. The van der Waals surface area contributed by atoms with Crippen LogP contribution in [0.3, 0.4) is 0 Å². The highest BCUT2D eigenvalue weighted by Gasteiger charge is 2.21. The number of ether oxygens (including phenoxy) is 3. The van der Waals surface area contributed by atoms with Crippen molar-refractivity contribution in [1.29, 1.82) is 0 Å². The minimum Gasteiger partial charge on any atom is -0.378 e. The number of morpholine rings is 1. The first-order valence-corrected chi connectivity index (χ1v) is 9.20. The van der Waals surface area contributed by atoms with E-state index >= 15 is 0 Å². The van der Waals surface area contributed by atoms with Gasteiger partial charge in [0.05, 0.1) is 37.3 Å². The van der Waals surface area contributed by atoms with Gasteiger partial charge in [0.2, 0.25) is 0 Å². The Hall–Kier alpha value is -1.63. The lowest BCUT2D eigenvalue weighted by Gasteiger charge is -2.30. The molecular formula is C19H28N2O4. The summed E-state index contributed by atoms with van der Waals surface area (Å²) in [5.74, 6) is -0.128. The molecule has 2 aliphatic rings. The molecule has 2 unspecified atom stereocenters. The van der Waals surface area contributed by atoms with E-state index in [0.29, 0.717) is 19.8 Å². The molecule has 0 aromatic heterocycles. The van der Waals surface area contributed by atoms with Crippen LogP contribution in [-0.2, 0) is 19.0 Å². The second-order valence-corrected chi connectivity index (χ2v) is 6.57. The number of hydrogen-bond donors (Lipinski definition) is 1. The highest BCUT2D eigenvalue weighted by molar-refractivity contribution is 5.97. The number of anilines is 2. The number of nitrogens with one attached hydrogen (secondary N) is 1. The topological polar surface area (TPSA) is 60.0 Å². The quantitative estimate of drug-likeness (QED) is 0.856. The molecule has 0 saturated carbocycles. The van der Waals surface area contributed by atoms with Gasteiger partial charge in [0.1, 0.15) is 6.10 Å². The van der Waals surface area contributed by atoms with Crippen molar-refractivity contribution in [3.05, 3.63) is 24.3 Å². The second kappa shape index (κ2) is 9.17. The molecule has 138 valence electrons.